The molecule has 1 N–H and O–H groups in total. The molecule has 34 heavy (non-hydrogen) atoms. The molecule has 0 aromatic heterocycles. The van der Waals surface area contributed by atoms with E-state index in [1.54, 1.807) is 17.0 Å². The van der Waals surface area contributed by atoms with Gasteiger partial charge < -0.3 is 14.9 Å². The predicted octanol–water partition coefficient (Wildman–Crippen LogP) is 3.72. The van der Waals surface area contributed by atoms with Crippen LogP contribution in [-0.2, 0) is 29.0 Å². The summed E-state index contributed by atoms with van der Waals surface area (Å²) in [6.45, 7) is 2.11. The summed E-state index contributed by atoms with van der Waals surface area (Å²) in [5.41, 5.74) is 4.58. The van der Waals surface area contributed by atoms with Crippen LogP contribution in [0.2, 0.25) is 0 Å². The molecule has 0 bridgehead atoms. The van der Waals surface area contributed by atoms with Gasteiger partial charge in [-0.1, -0.05) is 72.3 Å². The van der Waals surface area contributed by atoms with E-state index in [0.29, 0.717) is 24.9 Å². The molecule has 174 valence electrons. The molecule has 0 fully saturated rings. The highest BCUT2D eigenvalue weighted by atomic mass is 16.4. The van der Waals surface area contributed by atoms with Crippen LogP contribution in [0, 0.1) is 6.92 Å². The number of nitrogens with zero attached hydrogens (tertiary/aromatic N) is 2. The molecule has 0 saturated heterocycles. The van der Waals surface area contributed by atoms with Crippen LogP contribution in [0.4, 0.5) is 0 Å². The SMILES string of the molecule is Cc1ccc(C(=O)N2Cc3ccccc3C[C@H]2C(=O)N(CCc2ccccc2)CC(=O)O)cc1. The van der Waals surface area contributed by atoms with Gasteiger partial charge in [0.2, 0.25) is 5.91 Å². The zero-order chi connectivity index (χ0) is 24.1. The Kier molecular flexibility index (Phi) is 7.07. The molecule has 0 unspecified atom stereocenters. The summed E-state index contributed by atoms with van der Waals surface area (Å²) in [5, 5.41) is 9.49. The van der Waals surface area contributed by atoms with Crippen molar-refractivity contribution in [3.63, 3.8) is 0 Å². The first-order chi connectivity index (χ1) is 16.4. The minimum absolute atomic E-state index is 0.230. The van der Waals surface area contributed by atoms with Crippen LogP contribution in [0.25, 0.3) is 0 Å². The number of carbonyl (C=O) groups is 3. The maximum absolute atomic E-state index is 13.7. The van der Waals surface area contributed by atoms with E-state index in [1.165, 1.54) is 4.90 Å². The fourth-order valence-corrected chi connectivity index (χ4v) is 4.37. The van der Waals surface area contributed by atoms with Crippen molar-refractivity contribution < 1.29 is 19.5 Å². The van der Waals surface area contributed by atoms with Crippen molar-refractivity contribution in [2.24, 2.45) is 0 Å². The molecule has 6 nitrogen and oxygen atoms in total. The van der Waals surface area contributed by atoms with Gasteiger partial charge in [0.25, 0.3) is 5.91 Å². The quantitative estimate of drug-likeness (QED) is 0.588. The molecule has 3 aromatic carbocycles. The van der Waals surface area contributed by atoms with E-state index in [2.05, 4.69) is 0 Å². The van der Waals surface area contributed by atoms with Crippen LogP contribution in [0.5, 0.6) is 0 Å². The van der Waals surface area contributed by atoms with Crippen LogP contribution in [-0.4, -0.2) is 51.8 Å². The maximum Gasteiger partial charge on any atom is 0.323 e. The number of carboxylic acids is 1. The predicted molar refractivity (Wildman–Crippen MR) is 129 cm³/mol. The minimum atomic E-state index is -1.07. The van der Waals surface area contributed by atoms with Crippen LogP contribution >= 0.6 is 0 Å². The van der Waals surface area contributed by atoms with Gasteiger partial charge in [0.15, 0.2) is 0 Å². The van der Waals surface area contributed by atoms with Gasteiger partial charge in [0.1, 0.15) is 12.6 Å². The molecule has 1 atom stereocenters. The molecular formula is C28H28N2O4. The minimum Gasteiger partial charge on any atom is -0.480 e. The number of rotatable bonds is 7. The second-order valence-electron chi connectivity index (χ2n) is 8.68. The van der Waals surface area contributed by atoms with Gasteiger partial charge in [-0.2, -0.15) is 0 Å². The zero-order valence-electron chi connectivity index (χ0n) is 19.2. The van der Waals surface area contributed by atoms with E-state index < -0.39 is 18.6 Å². The Morgan fingerprint density at radius 2 is 1.56 bits per heavy atom. The highest BCUT2D eigenvalue weighted by Crippen LogP contribution is 2.26. The van der Waals surface area contributed by atoms with Crippen LogP contribution in [0.3, 0.4) is 0 Å². The van der Waals surface area contributed by atoms with E-state index in [-0.39, 0.29) is 18.4 Å². The summed E-state index contributed by atoms with van der Waals surface area (Å²) >= 11 is 0. The normalized spacial score (nSPS) is 14.9. The number of carbonyl (C=O) groups excluding carboxylic acids is 2. The molecule has 0 saturated carbocycles. The van der Waals surface area contributed by atoms with E-state index in [9.17, 15) is 19.5 Å². The Morgan fingerprint density at radius 3 is 2.24 bits per heavy atom. The summed E-state index contributed by atoms with van der Waals surface area (Å²) in [5.74, 6) is -1.64. The van der Waals surface area contributed by atoms with Crippen molar-refractivity contribution >= 4 is 17.8 Å². The Bertz CT molecular complexity index is 1170. The Balaban J connectivity index is 1.63. The van der Waals surface area contributed by atoms with Crippen LogP contribution < -0.4 is 0 Å². The number of hydrogen-bond acceptors (Lipinski definition) is 3. The van der Waals surface area contributed by atoms with E-state index in [4.69, 9.17) is 0 Å². The third kappa shape index (κ3) is 5.34. The lowest BCUT2D eigenvalue weighted by atomic mass is 9.92. The fraction of sp³-hybridized carbons (Fsp3) is 0.250. The van der Waals surface area contributed by atoms with Crippen molar-refractivity contribution in [3.05, 3.63) is 107 Å². The zero-order valence-corrected chi connectivity index (χ0v) is 19.2. The van der Waals surface area contributed by atoms with Gasteiger partial charge in [0.05, 0.1) is 0 Å². The monoisotopic (exact) mass is 456 g/mol. The lowest BCUT2D eigenvalue weighted by Crippen LogP contribution is -2.54. The van der Waals surface area contributed by atoms with Crippen LogP contribution in [0.15, 0.2) is 78.9 Å². The van der Waals surface area contributed by atoms with Crippen molar-refractivity contribution in [1.82, 2.24) is 9.80 Å². The van der Waals surface area contributed by atoms with Crippen molar-refractivity contribution in [3.8, 4) is 0 Å². The van der Waals surface area contributed by atoms with Crippen molar-refractivity contribution in [2.75, 3.05) is 13.1 Å². The molecule has 4 rings (SSSR count). The molecule has 1 aliphatic rings. The van der Waals surface area contributed by atoms with E-state index in [1.807, 2.05) is 73.7 Å². The number of benzene rings is 3. The fourth-order valence-electron chi connectivity index (χ4n) is 4.37. The lowest BCUT2D eigenvalue weighted by molar-refractivity contribution is -0.146. The summed E-state index contributed by atoms with van der Waals surface area (Å²) in [7, 11) is 0. The highest BCUT2D eigenvalue weighted by Gasteiger charge is 2.37. The first-order valence-corrected chi connectivity index (χ1v) is 11.4. The number of aryl methyl sites for hydroxylation is 1. The average Bonchev–Trinajstić information content (AvgIpc) is 2.85. The smallest absolute Gasteiger partial charge is 0.323 e. The molecule has 6 heteroatoms. The average molecular weight is 457 g/mol. The third-order valence-corrected chi connectivity index (χ3v) is 6.24. The number of fused-ring (bicyclic) bond motifs is 1. The van der Waals surface area contributed by atoms with Gasteiger partial charge in [0, 0.05) is 25.1 Å². The van der Waals surface area contributed by atoms with Crippen molar-refractivity contribution in [1.29, 1.82) is 0 Å². The first kappa shape index (κ1) is 23.2. The molecular weight excluding hydrogens is 428 g/mol. The molecule has 0 radical (unpaired) electrons. The van der Waals surface area contributed by atoms with E-state index >= 15 is 0 Å². The molecule has 3 aromatic rings. The second kappa shape index (κ2) is 10.3. The molecule has 2 amide bonds. The Labute approximate surface area is 199 Å². The summed E-state index contributed by atoms with van der Waals surface area (Å²) in [4.78, 5) is 41.8. The summed E-state index contributed by atoms with van der Waals surface area (Å²) < 4.78 is 0. The Morgan fingerprint density at radius 1 is 0.912 bits per heavy atom. The van der Waals surface area contributed by atoms with Gasteiger partial charge in [-0.25, -0.2) is 0 Å². The number of carboxylic acid groups (broad SMARTS) is 1. The molecule has 1 heterocycles. The second-order valence-corrected chi connectivity index (χ2v) is 8.68. The molecule has 0 spiro atoms. The lowest BCUT2D eigenvalue weighted by Gasteiger charge is -2.38. The standard InChI is InChI=1S/C28H28N2O4/c1-20-11-13-22(14-12-20)27(33)30-18-24-10-6-5-9-23(24)17-25(30)28(34)29(19-26(31)32)16-15-21-7-3-2-4-8-21/h2-14,25H,15-19H2,1H3,(H,31,32)/t25-/m0/s1. The topological polar surface area (TPSA) is 77.9 Å². The van der Waals surface area contributed by atoms with Gasteiger partial charge in [-0.05, 0) is 42.2 Å². The molecule has 1 aliphatic heterocycles. The van der Waals surface area contributed by atoms with Crippen LogP contribution in [0.1, 0.15) is 32.6 Å². The van der Waals surface area contributed by atoms with Crippen molar-refractivity contribution in [2.45, 2.75) is 32.4 Å². The summed E-state index contributed by atoms with van der Waals surface area (Å²) in [6, 6.07) is 23.9. The number of aliphatic carboxylic acids is 1. The van der Waals surface area contributed by atoms with Gasteiger partial charge in [-0.15, -0.1) is 0 Å². The van der Waals surface area contributed by atoms with Gasteiger partial charge >= 0.3 is 5.97 Å². The largest absolute Gasteiger partial charge is 0.480 e. The maximum atomic E-state index is 13.7. The Hall–Kier alpha value is -3.93. The highest BCUT2D eigenvalue weighted by molar-refractivity contribution is 5.98. The number of hydrogen-bond donors (Lipinski definition) is 1. The van der Waals surface area contributed by atoms with E-state index in [0.717, 1.165) is 22.3 Å². The molecule has 0 aliphatic carbocycles. The number of amides is 2. The third-order valence-electron chi connectivity index (χ3n) is 6.24. The summed E-state index contributed by atoms with van der Waals surface area (Å²) in [6.07, 6.45) is 0.892. The van der Waals surface area contributed by atoms with Gasteiger partial charge in [-0.3, -0.25) is 14.4 Å². The first-order valence-electron chi connectivity index (χ1n) is 11.4.